The number of nitrogens with zero attached hydrogens (tertiary/aromatic N) is 1. The molecule has 0 aliphatic carbocycles. The Morgan fingerprint density at radius 1 is 1.20 bits per heavy atom. The highest BCUT2D eigenvalue weighted by atomic mass is 16.5. The van der Waals surface area contributed by atoms with Crippen LogP contribution >= 0.6 is 0 Å². The van der Waals surface area contributed by atoms with Crippen LogP contribution in [0.4, 0.5) is 0 Å². The molecule has 102 valence electrons. The first-order valence-corrected chi connectivity index (χ1v) is 5.96. The molecule has 0 fully saturated rings. The summed E-state index contributed by atoms with van der Waals surface area (Å²) >= 11 is 0. The highest BCUT2D eigenvalue weighted by Gasteiger charge is 2.03. The quantitative estimate of drug-likeness (QED) is 0.660. The van der Waals surface area contributed by atoms with Gasteiger partial charge >= 0.3 is 0 Å². The molecule has 2 N–H and O–H groups in total. The van der Waals surface area contributed by atoms with Crippen LogP contribution in [0.3, 0.4) is 0 Å². The number of rotatable bonds is 4. The van der Waals surface area contributed by atoms with Gasteiger partial charge in [0.1, 0.15) is 11.5 Å². The van der Waals surface area contributed by atoms with Crippen molar-refractivity contribution < 1.29 is 14.6 Å². The second-order valence-corrected chi connectivity index (χ2v) is 3.99. The van der Waals surface area contributed by atoms with Gasteiger partial charge in [-0.3, -0.25) is 4.79 Å². The fourth-order valence-electron chi connectivity index (χ4n) is 1.61. The number of ether oxygens (including phenoxy) is 1. The molecule has 0 aromatic heterocycles. The van der Waals surface area contributed by atoms with Gasteiger partial charge in [-0.05, 0) is 36.4 Å². The summed E-state index contributed by atoms with van der Waals surface area (Å²) in [6, 6.07) is 13.3. The lowest BCUT2D eigenvalue weighted by Crippen LogP contribution is -2.17. The van der Waals surface area contributed by atoms with E-state index in [9.17, 15) is 4.79 Å². The molecule has 0 heterocycles. The van der Waals surface area contributed by atoms with Crippen molar-refractivity contribution in [3.63, 3.8) is 0 Å². The van der Waals surface area contributed by atoms with Gasteiger partial charge in [-0.1, -0.05) is 12.1 Å². The first-order chi connectivity index (χ1) is 9.70. The maximum atomic E-state index is 11.8. The molecule has 5 nitrogen and oxygen atoms in total. The Kier molecular flexibility index (Phi) is 4.34. The number of nitrogens with one attached hydrogen (secondary N) is 1. The smallest absolute Gasteiger partial charge is 0.271 e. The van der Waals surface area contributed by atoms with E-state index in [0.29, 0.717) is 11.3 Å². The molecule has 1 amide bonds. The van der Waals surface area contributed by atoms with Crippen molar-refractivity contribution in [2.45, 2.75) is 0 Å². The Hall–Kier alpha value is -2.82. The molecule has 0 bridgehead atoms. The molecule has 2 rings (SSSR count). The SMILES string of the molecule is COc1ccccc1/C=N\NC(=O)c1ccc(O)cc1. The maximum Gasteiger partial charge on any atom is 0.271 e. The van der Waals surface area contributed by atoms with Crippen LogP contribution in [0.25, 0.3) is 0 Å². The Labute approximate surface area is 116 Å². The average molecular weight is 270 g/mol. The molecule has 5 heteroatoms. The summed E-state index contributed by atoms with van der Waals surface area (Å²) in [7, 11) is 1.57. The van der Waals surface area contributed by atoms with E-state index in [4.69, 9.17) is 9.84 Å². The molecule has 0 atom stereocenters. The lowest BCUT2D eigenvalue weighted by atomic mass is 10.2. The highest BCUT2D eigenvalue weighted by Crippen LogP contribution is 2.14. The number of methoxy groups -OCH3 is 1. The summed E-state index contributed by atoms with van der Waals surface area (Å²) < 4.78 is 5.17. The van der Waals surface area contributed by atoms with Gasteiger partial charge in [0.2, 0.25) is 0 Å². The van der Waals surface area contributed by atoms with Crippen LogP contribution < -0.4 is 10.2 Å². The van der Waals surface area contributed by atoms with Gasteiger partial charge in [-0.2, -0.15) is 5.10 Å². The van der Waals surface area contributed by atoms with Crippen LogP contribution in [0.5, 0.6) is 11.5 Å². The van der Waals surface area contributed by atoms with Crippen LogP contribution in [0.15, 0.2) is 53.6 Å². The third kappa shape index (κ3) is 3.35. The van der Waals surface area contributed by atoms with E-state index in [-0.39, 0.29) is 11.7 Å². The monoisotopic (exact) mass is 270 g/mol. The van der Waals surface area contributed by atoms with E-state index in [0.717, 1.165) is 5.56 Å². The van der Waals surface area contributed by atoms with E-state index in [1.807, 2.05) is 24.3 Å². The molecule has 0 saturated heterocycles. The average Bonchev–Trinajstić information content (AvgIpc) is 2.48. The van der Waals surface area contributed by atoms with Crippen molar-refractivity contribution in [3.8, 4) is 11.5 Å². The number of amides is 1. The van der Waals surface area contributed by atoms with Crippen LogP contribution in [-0.4, -0.2) is 24.3 Å². The number of carbonyl (C=O) groups excluding carboxylic acids is 1. The van der Waals surface area contributed by atoms with Crippen molar-refractivity contribution >= 4 is 12.1 Å². The van der Waals surface area contributed by atoms with Gasteiger partial charge in [0.25, 0.3) is 5.91 Å². The van der Waals surface area contributed by atoms with E-state index in [2.05, 4.69) is 10.5 Å². The first-order valence-electron chi connectivity index (χ1n) is 5.96. The number of hydrogen-bond acceptors (Lipinski definition) is 4. The Morgan fingerprint density at radius 3 is 2.60 bits per heavy atom. The van der Waals surface area contributed by atoms with E-state index in [1.165, 1.54) is 30.5 Å². The number of para-hydroxylation sites is 1. The van der Waals surface area contributed by atoms with Crippen molar-refractivity contribution in [1.82, 2.24) is 5.43 Å². The van der Waals surface area contributed by atoms with Crippen LogP contribution in [0, 0.1) is 0 Å². The maximum absolute atomic E-state index is 11.8. The van der Waals surface area contributed by atoms with Gasteiger partial charge in [0.05, 0.1) is 13.3 Å². The third-order valence-electron chi connectivity index (χ3n) is 2.64. The number of phenols is 1. The van der Waals surface area contributed by atoms with Gasteiger partial charge < -0.3 is 9.84 Å². The predicted molar refractivity (Wildman–Crippen MR) is 76.2 cm³/mol. The molecule has 0 aliphatic heterocycles. The standard InChI is InChI=1S/C15H14N2O3/c1-20-14-5-3-2-4-12(14)10-16-17-15(19)11-6-8-13(18)9-7-11/h2-10,18H,1H3,(H,17,19)/b16-10-. The molecule has 0 unspecified atom stereocenters. The number of hydrogen-bond donors (Lipinski definition) is 2. The largest absolute Gasteiger partial charge is 0.508 e. The molecule has 2 aromatic rings. The second kappa shape index (κ2) is 6.38. The zero-order valence-corrected chi connectivity index (χ0v) is 10.9. The molecule has 0 radical (unpaired) electrons. The van der Waals surface area contributed by atoms with Gasteiger partial charge in [-0.25, -0.2) is 5.43 Å². The summed E-state index contributed by atoms with van der Waals surface area (Å²) in [5.74, 6) is 0.436. The summed E-state index contributed by atoms with van der Waals surface area (Å²) in [5, 5.41) is 13.0. The number of hydrazone groups is 1. The summed E-state index contributed by atoms with van der Waals surface area (Å²) in [5.41, 5.74) is 3.59. The minimum Gasteiger partial charge on any atom is -0.508 e. The Bertz CT molecular complexity index is 621. The molecule has 20 heavy (non-hydrogen) atoms. The third-order valence-corrected chi connectivity index (χ3v) is 2.64. The number of aromatic hydroxyl groups is 1. The number of phenolic OH excluding ortho intramolecular Hbond substituents is 1. The van der Waals surface area contributed by atoms with Crippen LogP contribution in [0.1, 0.15) is 15.9 Å². The minimum absolute atomic E-state index is 0.110. The van der Waals surface area contributed by atoms with Crippen molar-refractivity contribution in [2.75, 3.05) is 7.11 Å². The summed E-state index contributed by atoms with van der Waals surface area (Å²) in [4.78, 5) is 11.8. The molecular weight excluding hydrogens is 256 g/mol. The van der Waals surface area contributed by atoms with E-state index in [1.54, 1.807) is 7.11 Å². The van der Waals surface area contributed by atoms with Crippen molar-refractivity contribution in [1.29, 1.82) is 0 Å². The predicted octanol–water partition coefficient (Wildman–Crippen LogP) is 2.16. The molecule has 0 saturated carbocycles. The van der Waals surface area contributed by atoms with Crippen LogP contribution in [0.2, 0.25) is 0 Å². The lowest BCUT2D eigenvalue weighted by Gasteiger charge is -2.03. The molecule has 0 aliphatic rings. The molecule has 0 spiro atoms. The molecule has 2 aromatic carbocycles. The van der Waals surface area contributed by atoms with Gasteiger partial charge in [-0.15, -0.1) is 0 Å². The number of benzene rings is 2. The molecular formula is C15H14N2O3. The fraction of sp³-hybridized carbons (Fsp3) is 0.0667. The topological polar surface area (TPSA) is 70.9 Å². The normalized spacial score (nSPS) is 10.4. The number of carbonyl (C=O) groups is 1. The fourth-order valence-corrected chi connectivity index (χ4v) is 1.61. The van der Waals surface area contributed by atoms with Crippen LogP contribution in [-0.2, 0) is 0 Å². The van der Waals surface area contributed by atoms with Crippen molar-refractivity contribution in [3.05, 3.63) is 59.7 Å². The first kappa shape index (κ1) is 13.6. The highest BCUT2D eigenvalue weighted by molar-refractivity contribution is 5.95. The van der Waals surface area contributed by atoms with E-state index < -0.39 is 0 Å². The van der Waals surface area contributed by atoms with E-state index >= 15 is 0 Å². The van der Waals surface area contributed by atoms with Crippen molar-refractivity contribution in [2.24, 2.45) is 5.10 Å². The lowest BCUT2D eigenvalue weighted by molar-refractivity contribution is 0.0955. The zero-order chi connectivity index (χ0) is 14.4. The summed E-state index contributed by atoms with van der Waals surface area (Å²) in [6.45, 7) is 0. The Balaban J connectivity index is 2.02. The zero-order valence-electron chi connectivity index (χ0n) is 10.9. The van der Waals surface area contributed by atoms with Gasteiger partial charge in [0.15, 0.2) is 0 Å². The van der Waals surface area contributed by atoms with Gasteiger partial charge in [0, 0.05) is 11.1 Å². The minimum atomic E-state index is -0.351. The second-order valence-electron chi connectivity index (χ2n) is 3.99. The Morgan fingerprint density at radius 2 is 1.90 bits per heavy atom. The summed E-state index contributed by atoms with van der Waals surface area (Å²) in [6.07, 6.45) is 1.51.